The number of fused-ring (bicyclic) bond motifs is 1. The first-order valence-corrected chi connectivity index (χ1v) is 6.87. The van der Waals surface area contributed by atoms with Gasteiger partial charge in [-0.1, -0.05) is 27.7 Å². The Bertz CT molecular complexity index is 659. The number of aliphatic carboxylic acids is 1. The third-order valence-corrected chi connectivity index (χ3v) is 3.28. The zero-order valence-corrected chi connectivity index (χ0v) is 13.0. The third-order valence-electron chi connectivity index (χ3n) is 3.28. The molecule has 0 amide bonds. The average molecular weight is 291 g/mol. The molecule has 2 aromatic rings. The molecule has 0 bridgehead atoms. The van der Waals surface area contributed by atoms with Gasteiger partial charge in [0, 0.05) is 19.0 Å². The van der Waals surface area contributed by atoms with Crippen molar-refractivity contribution in [3.63, 3.8) is 0 Å². The molecule has 7 nitrogen and oxygen atoms in total. The molecule has 0 aromatic carbocycles. The number of carboxylic acid groups (broad SMARTS) is 1. The van der Waals surface area contributed by atoms with Crippen molar-refractivity contribution >= 4 is 17.4 Å². The van der Waals surface area contributed by atoms with Gasteiger partial charge in [0.05, 0.1) is 5.92 Å². The van der Waals surface area contributed by atoms with E-state index in [4.69, 9.17) is 5.11 Å². The van der Waals surface area contributed by atoms with E-state index < -0.39 is 11.9 Å². The van der Waals surface area contributed by atoms with Crippen molar-refractivity contribution in [1.82, 2.24) is 19.8 Å². The van der Waals surface area contributed by atoms with Gasteiger partial charge in [0.1, 0.15) is 5.82 Å². The average Bonchev–Trinajstić information content (AvgIpc) is 2.80. The van der Waals surface area contributed by atoms with Gasteiger partial charge in [0.15, 0.2) is 11.5 Å². The molecule has 1 unspecified atom stereocenters. The molecule has 0 aliphatic heterocycles. The maximum Gasteiger partial charge on any atom is 0.308 e. The van der Waals surface area contributed by atoms with Crippen LogP contribution in [-0.4, -0.2) is 44.5 Å². The summed E-state index contributed by atoms with van der Waals surface area (Å²) in [7, 11) is 1.83. The summed E-state index contributed by atoms with van der Waals surface area (Å²) >= 11 is 0. The first kappa shape index (κ1) is 15.2. The van der Waals surface area contributed by atoms with Crippen molar-refractivity contribution in [3.05, 3.63) is 18.0 Å². The van der Waals surface area contributed by atoms with Gasteiger partial charge in [-0.25, -0.2) is 0 Å². The van der Waals surface area contributed by atoms with Gasteiger partial charge in [-0.05, 0) is 12.1 Å². The van der Waals surface area contributed by atoms with Crippen LogP contribution in [0.3, 0.4) is 0 Å². The van der Waals surface area contributed by atoms with E-state index in [1.165, 1.54) is 0 Å². The van der Waals surface area contributed by atoms with Crippen molar-refractivity contribution in [2.75, 3.05) is 18.5 Å². The van der Waals surface area contributed by atoms with Crippen molar-refractivity contribution < 1.29 is 9.90 Å². The lowest BCUT2D eigenvalue weighted by Crippen LogP contribution is -2.29. The molecular weight excluding hydrogens is 270 g/mol. The van der Waals surface area contributed by atoms with E-state index in [1.807, 2.05) is 44.9 Å². The Hall–Kier alpha value is -2.18. The second kappa shape index (κ2) is 5.31. The largest absolute Gasteiger partial charge is 0.481 e. The molecule has 1 atom stereocenters. The van der Waals surface area contributed by atoms with Crippen LogP contribution in [-0.2, 0) is 10.2 Å². The van der Waals surface area contributed by atoms with Crippen molar-refractivity contribution in [1.29, 1.82) is 0 Å². The Kier molecular flexibility index (Phi) is 3.85. The second-order valence-electron chi connectivity index (χ2n) is 6.35. The van der Waals surface area contributed by atoms with E-state index in [0.717, 1.165) is 5.82 Å². The minimum Gasteiger partial charge on any atom is -0.481 e. The molecule has 0 aliphatic rings. The fourth-order valence-corrected chi connectivity index (χ4v) is 2.03. The van der Waals surface area contributed by atoms with Crippen molar-refractivity contribution in [2.45, 2.75) is 33.1 Å². The predicted octanol–water partition coefficient (Wildman–Crippen LogP) is 1.58. The molecule has 0 radical (unpaired) electrons. The first-order chi connectivity index (χ1) is 9.70. The lowest BCUT2D eigenvalue weighted by molar-refractivity contribution is -0.140. The Morgan fingerprint density at radius 2 is 2.05 bits per heavy atom. The Morgan fingerprint density at radius 3 is 2.62 bits per heavy atom. The highest BCUT2D eigenvalue weighted by atomic mass is 16.4. The number of rotatable bonds is 4. The molecule has 2 heterocycles. The van der Waals surface area contributed by atoms with E-state index in [0.29, 0.717) is 18.0 Å². The lowest BCUT2D eigenvalue weighted by Gasteiger charge is -2.21. The van der Waals surface area contributed by atoms with Gasteiger partial charge < -0.3 is 10.0 Å². The highest BCUT2D eigenvalue weighted by Crippen LogP contribution is 2.21. The minimum absolute atomic E-state index is 0.169. The molecule has 7 heteroatoms. The number of nitrogens with zero attached hydrogens (tertiary/aromatic N) is 5. The van der Waals surface area contributed by atoms with E-state index in [9.17, 15) is 4.79 Å². The van der Waals surface area contributed by atoms with Crippen molar-refractivity contribution in [3.8, 4) is 0 Å². The molecule has 0 aliphatic carbocycles. The van der Waals surface area contributed by atoms with Crippen LogP contribution < -0.4 is 4.90 Å². The van der Waals surface area contributed by atoms with Gasteiger partial charge in [-0.3, -0.25) is 4.79 Å². The van der Waals surface area contributed by atoms with Gasteiger partial charge >= 0.3 is 5.97 Å². The molecule has 2 aromatic heterocycles. The van der Waals surface area contributed by atoms with E-state index in [1.54, 1.807) is 11.4 Å². The second-order valence-corrected chi connectivity index (χ2v) is 6.35. The number of carboxylic acids is 1. The first-order valence-electron chi connectivity index (χ1n) is 6.87. The molecular formula is C14H21N5O2. The maximum atomic E-state index is 11.0. The molecule has 1 N–H and O–H groups in total. The number of hydrogen-bond donors (Lipinski definition) is 1. The lowest BCUT2D eigenvalue weighted by atomic mass is 9.96. The van der Waals surface area contributed by atoms with Crippen LogP contribution in [0, 0.1) is 5.92 Å². The predicted molar refractivity (Wildman–Crippen MR) is 79.6 cm³/mol. The normalized spacial score (nSPS) is 13.4. The number of aromatic nitrogens is 4. The fraction of sp³-hybridized carbons (Fsp3) is 0.571. The van der Waals surface area contributed by atoms with Crippen LogP contribution >= 0.6 is 0 Å². The van der Waals surface area contributed by atoms with E-state index >= 15 is 0 Å². The summed E-state index contributed by atoms with van der Waals surface area (Å²) in [5.74, 6) is 0.193. The molecule has 0 saturated heterocycles. The van der Waals surface area contributed by atoms with Crippen LogP contribution in [0.1, 0.15) is 33.5 Å². The van der Waals surface area contributed by atoms with Crippen molar-refractivity contribution in [2.24, 2.45) is 5.92 Å². The fourth-order valence-electron chi connectivity index (χ4n) is 2.03. The topological polar surface area (TPSA) is 83.6 Å². The van der Waals surface area contributed by atoms with Gasteiger partial charge in [-0.2, -0.15) is 4.52 Å². The standard InChI is InChI=1S/C14H21N5O2/c1-9(12(20)21)8-18(5)11-7-6-10-15-16-13(14(2,3)4)19(10)17-11/h6-7,9H,8H2,1-5H3,(H,20,21). The van der Waals surface area contributed by atoms with Gasteiger partial charge in [0.25, 0.3) is 0 Å². The van der Waals surface area contributed by atoms with Crippen LogP contribution in [0.15, 0.2) is 12.1 Å². The zero-order valence-electron chi connectivity index (χ0n) is 13.0. The molecule has 114 valence electrons. The summed E-state index contributed by atoms with van der Waals surface area (Å²) in [4.78, 5) is 12.8. The summed E-state index contributed by atoms with van der Waals surface area (Å²) in [6.07, 6.45) is 0. The summed E-state index contributed by atoms with van der Waals surface area (Å²) < 4.78 is 1.72. The Labute approximate surface area is 123 Å². The summed E-state index contributed by atoms with van der Waals surface area (Å²) in [5, 5.41) is 21.8. The zero-order chi connectivity index (χ0) is 15.8. The smallest absolute Gasteiger partial charge is 0.308 e. The van der Waals surface area contributed by atoms with E-state index in [2.05, 4.69) is 15.3 Å². The molecule has 21 heavy (non-hydrogen) atoms. The highest BCUT2D eigenvalue weighted by molar-refractivity contribution is 5.70. The molecule has 2 rings (SSSR count). The highest BCUT2D eigenvalue weighted by Gasteiger charge is 2.22. The molecule has 0 fully saturated rings. The molecule has 0 saturated carbocycles. The summed E-state index contributed by atoms with van der Waals surface area (Å²) in [6, 6.07) is 3.66. The quantitative estimate of drug-likeness (QED) is 0.920. The van der Waals surface area contributed by atoms with Crippen LogP contribution in [0.5, 0.6) is 0 Å². The Morgan fingerprint density at radius 1 is 1.38 bits per heavy atom. The number of hydrogen-bond acceptors (Lipinski definition) is 5. The van der Waals surface area contributed by atoms with Crippen LogP contribution in [0.4, 0.5) is 5.82 Å². The SMILES string of the molecule is CC(CN(C)c1ccc2nnc(C(C)(C)C)n2n1)C(=O)O. The van der Waals surface area contributed by atoms with Gasteiger partial charge in [0.2, 0.25) is 0 Å². The minimum atomic E-state index is -0.817. The number of carbonyl (C=O) groups is 1. The third kappa shape index (κ3) is 3.12. The number of anilines is 1. The van der Waals surface area contributed by atoms with Crippen LogP contribution in [0.2, 0.25) is 0 Å². The summed E-state index contributed by atoms with van der Waals surface area (Å²) in [5.41, 5.74) is 0.515. The molecule has 0 spiro atoms. The van der Waals surface area contributed by atoms with Gasteiger partial charge in [-0.15, -0.1) is 15.3 Å². The van der Waals surface area contributed by atoms with E-state index in [-0.39, 0.29) is 5.41 Å². The monoisotopic (exact) mass is 291 g/mol. The summed E-state index contributed by atoms with van der Waals surface area (Å²) in [6.45, 7) is 8.22. The van der Waals surface area contributed by atoms with Crippen LogP contribution in [0.25, 0.3) is 5.65 Å². The maximum absolute atomic E-state index is 11.0. The Balaban J connectivity index is 2.35.